The van der Waals surface area contributed by atoms with Crippen molar-refractivity contribution in [3.8, 4) is 0 Å². The Labute approximate surface area is 109 Å². The largest absolute Gasteiger partial charge is 0.388 e. The third kappa shape index (κ3) is 2.41. The van der Waals surface area contributed by atoms with Crippen LogP contribution in [0.2, 0.25) is 0 Å². The minimum Gasteiger partial charge on any atom is -0.388 e. The van der Waals surface area contributed by atoms with E-state index in [-0.39, 0.29) is 11.3 Å². The van der Waals surface area contributed by atoms with Crippen molar-refractivity contribution in [2.75, 3.05) is 0 Å². The van der Waals surface area contributed by atoms with Crippen molar-refractivity contribution >= 4 is 10.8 Å². The third-order valence-corrected chi connectivity index (χ3v) is 3.98. The molecule has 2 unspecified atom stereocenters. The van der Waals surface area contributed by atoms with Crippen LogP contribution in [-0.4, -0.2) is 5.11 Å². The van der Waals surface area contributed by atoms with Crippen LogP contribution in [0.3, 0.4) is 0 Å². The maximum Gasteiger partial charge on any atom is 0.0826 e. The van der Waals surface area contributed by atoms with Crippen molar-refractivity contribution in [3.63, 3.8) is 0 Å². The van der Waals surface area contributed by atoms with E-state index in [4.69, 9.17) is 0 Å². The molecule has 0 aliphatic heterocycles. The zero-order valence-corrected chi connectivity index (χ0v) is 11.6. The number of fused-ring (bicyclic) bond motifs is 1. The predicted molar refractivity (Wildman–Crippen MR) is 77.5 cm³/mol. The molecule has 2 rings (SSSR count). The standard InChI is InChI=1S/C17H22O/c1-12(17(2,3)4)16(18)15-11-7-9-13-8-5-6-10-14(13)15/h5-12,16,18H,1-4H3. The van der Waals surface area contributed by atoms with Gasteiger partial charge in [0.1, 0.15) is 0 Å². The first-order chi connectivity index (χ1) is 8.41. The van der Waals surface area contributed by atoms with Crippen LogP contribution < -0.4 is 0 Å². The van der Waals surface area contributed by atoms with Crippen molar-refractivity contribution < 1.29 is 5.11 Å². The normalized spacial score (nSPS) is 15.6. The molecule has 0 bridgehead atoms. The second-order valence-electron chi connectivity index (χ2n) is 6.17. The maximum absolute atomic E-state index is 10.6. The molecular formula is C17H22O. The lowest BCUT2D eigenvalue weighted by Crippen LogP contribution is -2.24. The fraction of sp³-hybridized carbons (Fsp3) is 0.412. The van der Waals surface area contributed by atoms with Crippen molar-refractivity contribution in [1.82, 2.24) is 0 Å². The zero-order valence-electron chi connectivity index (χ0n) is 11.6. The van der Waals surface area contributed by atoms with Gasteiger partial charge in [-0.3, -0.25) is 0 Å². The lowest BCUT2D eigenvalue weighted by Gasteiger charge is -2.32. The van der Waals surface area contributed by atoms with Crippen LogP contribution in [0.4, 0.5) is 0 Å². The summed E-state index contributed by atoms with van der Waals surface area (Å²) < 4.78 is 0. The summed E-state index contributed by atoms with van der Waals surface area (Å²) in [4.78, 5) is 0. The first kappa shape index (κ1) is 13.1. The Morgan fingerprint density at radius 1 is 0.944 bits per heavy atom. The lowest BCUT2D eigenvalue weighted by molar-refractivity contribution is 0.0546. The summed E-state index contributed by atoms with van der Waals surface area (Å²) in [5, 5.41) is 13.0. The number of hydrogen-bond donors (Lipinski definition) is 1. The first-order valence-corrected chi connectivity index (χ1v) is 6.57. The van der Waals surface area contributed by atoms with Crippen molar-refractivity contribution in [2.45, 2.75) is 33.8 Å². The van der Waals surface area contributed by atoms with Gasteiger partial charge in [0, 0.05) is 0 Å². The molecule has 0 aromatic heterocycles. The second-order valence-corrected chi connectivity index (χ2v) is 6.17. The number of rotatable bonds is 2. The molecule has 0 heterocycles. The van der Waals surface area contributed by atoms with Gasteiger partial charge in [-0.2, -0.15) is 0 Å². The third-order valence-electron chi connectivity index (χ3n) is 3.98. The molecule has 0 saturated carbocycles. The van der Waals surface area contributed by atoms with Gasteiger partial charge in [0.05, 0.1) is 6.10 Å². The maximum atomic E-state index is 10.6. The van der Waals surface area contributed by atoms with E-state index < -0.39 is 6.10 Å². The number of aliphatic hydroxyl groups excluding tert-OH is 1. The number of benzene rings is 2. The van der Waals surface area contributed by atoms with E-state index in [9.17, 15) is 5.11 Å². The molecule has 0 amide bonds. The average molecular weight is 242 g/mol. The van der Waals surface area contributed by atoms with Crippen LogP contribution in [0.1, 0.15) is 39.4 Å². The van der Waals surface area contributed by atoms with E-state index >= 15 is 0 Å². The number of hydrogen-bond acceptors (Lipinski definition) is 1. The molecule has 1 heteroatoms. The second kappa shape index (κ2) is 4.74. The van der Waals surface area contributed by atoms with Crippen molar-refractivity contribution in [3.05, 3.63) is 48.0 Å². The van der Waals surface area contributed by atoms with Crippen LogP contribution in [0.25, 0.3) is 10.8 Å². The van der Waals surface area contributed by atoms with Crippen LogP contribution in [0.15, 0.2) is 42.5 Å². The van der Waals surface area contributed by atoms with Gasteiger partial charge in [-0.05, 0) is 27.7 Å². The molecule has 2 aromatic rings. The monoisotopic (exact) mass is 242 g/mol. The minimum atomic E-state index is -0.420. The van der Waals surface area contributed by atoms with E-state index in [2.05, 4.69) is 45.9 Å². The summed E-state index contributed by atoms with van der Waals surface area (Å²) in [5.74, 6) is 0.211. The van der Waals surface area contributed by atoms with Gasteiger partial charge in [0.2, 0.25) is 0 Å². The Balaban J connectivity index is 2.48. The van der Waals surface area contributed by atoms with E-state index in [0.29, 0.717) is 0 Å². The van der Waals surface area contributed by atoms with Crippen molar-refractivity contribution in [1.29, 1.82) is 0 Å². The van der Waals surface area contributed by atoms with E-state index in [1.54, 1.807) is 0 Å². The lowest BCUT2D eigenvalue weighted by atomic mass is 9.76. The molecule has 1 N–H and O–H groups in total. The Morgan fingerprint density at radius 3 is 2.22 bits per heavy atom. The minimum absolute atomic E-state index is 0.0936. The molecule has 0 aliphatic rings. The van der Waals surface area contributed by atoms with Crippen LogP contribution in [-0.2, 0) is 0 Å². The van der Waals surface area contributed by atoms with E-state index in [0.717, 1.165) is 10.9 Å². The van der Waals surface area contributed by atoms with Crippen LogP contribution >= 0.6 is 0 Å². The van der Waals surface area contributed by atoms with Gasteiger partial charge in [0.25, 0.3) is 0 Å². The van der Waals surface area contributed by atoms with Crippen molar-refractivity contribution in [2.24, 2.45) is 11.3 Å². The summed E-state index contributed by atoms with van der Waals surface area (Å²) in [7, 11) is 0. The van der Waals surface area contributed by atoms with E-state index in [1.807, 2.05) is 24.3 Å². The molecule has 0 spiro atoms. The molecule has 96 valence electrons. The molecule has 1 nitrogen and oxygen atoms in total. The topological polar surface area (TPSA) is 20.2 Å². The predicted octanol–water partition coefficient (Wildman–Crippen LogP) is 4.56. The van der Waals surface area contributed by atoms with Crippen LogP contribution in [0.5, 0.6) is 0 Å². The number of aliphatic hydroxyl groups is 1. The van der Waals surface area contributed by atoms with Gasteiger partial charge in [-0.1, -0.05) is 70.2 Å². The van der Waals surface area contributed by atoms with E-state index in [1.165, 1.54) is 5.39 Å². The van der Waals surface area contributed by atoms with Gasteiger partial charge >= 0.3 is 0 Å². The molecule has 2 atom stereocenters. The van der Waals surface area contributed by atoms with Crippen LogP contribution in [0, 0.1) is 11.3 Å². The summed E-state index contributed by atoms with van der Waals surface area (Å²) in [6.45, 7) is 8.64. The Bertz CT molecular complexity index is 531. The highest BCUT2D eigenvalue weighted by Gasteiger charge is 2.28. The molecular weight excluding hydrogens is 220 g/mol. The highest BCUT2D eigenvalue weighted by molar-refractivity contribution is 5.85. The first-order valence-electron chi connectivity index (χ1n) is 6.57. The Kier molecular flexibility index (Phi) is 3.45. The fourth-order valence-electron chi connectivity index (χ4n) is 2.25. The Hall–Kier alpha value is -1.34. The summed E-state index contributed by atoms with van der Waals surface area (Å²) in [5.41, 5.74) is 1.13. The quantitative estimate of drug-likeness (QED) is 0.818. The highest BCUT2D eigenvalue weighted by Crippen LogP contribution is 2.38. The molecule has 0 fully saturated rings. The van der Waals surface area contributed by atoms with Gasteiger partial charge in [0.15, 0.2) is 0 Å². The van der Waals surface area contributed by atoms with Gasteiger partial charge in [-0.25, -0.2) is 0 Å². The summed E-state index contributed by atoms with van der Waals surface area (Å²) in [6, 6.07) is 14.4. The molecule has 0 saturated heterocycles. The smallest absolute Gasteiger partial charge is 0.0826 e. The average Bonchev–Trinajstić information content (AvgIpc) is 2.35. The highest BCUT2D eigenvalue weighted by atomic mass is 16.3. The summed E-state index contributed by atoms with van der Waals surface area (Å²) >= 11 is 0. The van der Waals surface area contributed by atoms with Gasteiger partial charge < -0.3 is 5.11 Å². The fourth-order valence-corrected chi connectivity index (χ4v) is 2.25. The molecule has 18 heavy (non-hydrogen) atoms. The molecule has 0 aliphatic carbocycles. The molecule has 0 radical (unpaired) electrons. The molecule has 2 aromatic carbocycles. The Morgan fingerprint density at radius 2 is 1.56 bits per heavy atom. The summed E-state index contributed by atoms with van der Waals surface area (Å²) in [6.07, 6.45) is -0.420. The van der Waals surface area contributed by atoms with Gasteiger partial charge in [-0.15, -0.1) is 0 Å². The zero-order chi connectivity index (χ0) is 13.3. The SMILES string of the molecule is CC(C(O)c1cccc2ccccc12)C(C)(C)C.